The highest BCUT2D eigenvalue weighted by Crippen LogP contribution is 2.24. The second-order valence-corrected chi connectivity index (χ2v) is 3.85. The zero-order valence-electron chi connectivity index (χ0n) is 7.08. The number of nitrogens with zero attached hydrogens (tertiary/aromatic N) is 2. The largest absolute Gasteiger partial charge is 0.349 e. The Balaban J connectivity index is 2.95. The van der Waals surface area contributed by atoms with E-state index in [1.54, 1.807) is 0 Å². The fourth-order valence-electron chi connectivity index (χ4n) is 1.49. The second kappa shape index (κ2) is 2.90. The first-order valence-electron chi connectivity index (χ1n) is 3.87. The van der Waals surface area contributed by atoms with E-state index >= 15 is 0 Å². The average Bonchev–Trinajstić information content (AvgIpc) is 2.46. The van der Waals surface area contributed by atoms with Crippen LogP contribution in [0.2, 0.25) is 0 Å². The minimum absolute atomic E-state index is 0.705. The van der Waals surface area contributed by atoms with Gasteiger partial charge in [-0.05, 0) is 18.2 Å². The van der Waals surface area contributed by atoms with Gasteiger partial charge in [0.25, 0.3) is 0 Å². The van der Waals surface area contributed by atoms with Crippen LogP contribution in [-0.4, -0.2) is 4.57 Å². The van der Waals surface area contributed by atoms with Crippen molar-refractivity contribution < 1.29 is 0 Å². The van der Waals surface area contributed by atoms with Crippen molar-refractivity contribution in [1.82, 2.24) is 4.57 Å². The van der Waals surface area contributed by atoms with Gasteiger partial charge < -0.3 is 4.57 Å². The molecule has 1 aromatic carbocycles. The Labute approximate surface area is 84.5 Å². The van der Waals surface area contributed by atoms with E-state index in [2.05, 4.69) is 22.0 Å². The average molecular weight is 235 g/mol. The molecule has 0 fully saturated rings. The van der Waals surface area contributed by atoms with Gasteiger partial charge in [-0.2, -0.15) is 5.26 Å². The zero-order chi connectivity index (χ0) is 9.42. The number of hydrogen-bond acceptors (Lipinski definition) is 1. The van der Waals surface area contributed by atoms with Gasteiger partial charge in [-0.1, -0.05) is 15.9 Å². The van der Waals surface area contributed by atoms with Crippen LogP contribution in [0.25, 0.3) is 10.9 Å². The van der Waals surface area contributed by atoms with Crippen LogP contribution in [0.15, 0.2) is 28.9 Å². The molecule has 2 aromatic rings. The van der Waals surface area contributed by atoms with Crippen molar-refractivity contribution in [2.45, 2.75) is 0 Å². The summed E-state index contributed by atoms with van der Waals surface area (Å²) in [5, 5.41) is 10.0. The summed E-state index contributed by atoms with van der Waals surface area (Å²) in [4.78, 5) is 0. The first-order valence-corrected chi connectivity index (χ1v) is 4.66. The van der Waals surface area contributed by atoms with Gasteiger partial charge in [-0.3, -0.25) is 0 Å². The highest BCUT2D eigenvalue weighted by molar-refractivity contribution is 9.10. The molecule has 0 aliphatic rings. The standard InChI is InChI=1S/C10H7BrN2/c1-13-3-2-7-4-9(11)5-8(6-12)10(7)13/h2-5H,1H3. The molecular formula is C10H7BrN2. The number of hydrogen-bond donors (Lipinski definition) is 0. The third kappa shape index (κ3) is 1.24. The van der Waals surface area contributed by atoms with Crippen LogP contribution in [0, 0.1) is 11.3 Å². The summed E-state index contributed by atoms with van der Waals surface area (Å²) < 4.78 is 2.91. The van der Waals surface area contributed by atoms with Crippen molar-refractivity contribution in [1.29, 1.82) is 5.26 Å². The van der Waals surface area contributed by atoms with Gasteiger partial charge in [0.05, 0.1) is 11.1 Å². The fourth-order valence-corrected chi connectivity index (χ4v) is 1.97. The number of benzene rings is 1. The zero-order valence-corrected chi connectivity index (χ0v) is 8.67. The summed E-state index contributed by atoms with van der Waals surface area (Å²) in [6.07, 6.45) is 1.96. The molecule has 0 spiro atoms. The van der Waals surface area contributed by atoms with Crippen molar-refractivity contribution in [2.75, 3.05) is 0 Å². The minimum atomic E-state index is 0.705. The number of aryl methyl sites for hydroxylation is 1. The Bertz CT molecular complexity index is 505. The Morgan fingerprint density at radius 3 is 2.92 bits per heavy atom. The number of rotatable bonds is 0. The van der Waals surface area contributed by atoms with Crippen molar-refractivity contribution in [2.24, 2.45) is 7.05 Å². The molecule has 13 heavy (non-hydrogen) atoms. The van der Waals surface area contributed by atoms with Crippen LogP contribution in [0.1, 0.15) is 5.56 Å². The predicted octanol–water partition coefficient (Wildman–Crippen LogP) is 2.81. The molecule has 0 amide bonds. The Morgan fingerprint density at radius 1 is 1.46 bits per heavy atom. The quantitative estimate of drug-likeness (QED) is 0.690. The highest BCUT2D eigenvalue weighted by atomic mass is 79.9. The van der Waals surface area contributed by atoms with E-state index in [-0.39, 0.29) is 0 Å². The number of halogens is 1. The molecule has 1 heterocycles. The summed E-state index contributed by atoms with van der Waals surface area (Å²) in [6.45, 7) is 0. The van der Waals surface area contributed by atoms with Gasteiger partial charge in [-0.25, -0.2) is 0 Å². The van der Waals surface area contributed by atoms with Crippen molar-refractivity contribution in [3.8, 4) is 6.07 Å². The maximum Gasteiger partial charge on any atom is 0.101 e. The number of nitriles is 1. The molecule has 1 aromatic heterocycles. The highest BCUT2D eigenvalue weighted by Gasteiger charge is 2.05. The molecule has 2 rings (SSSR count). The predicted molar refractivity (Wildman–Crippen MR) is 55.3 cm³/mol. The second-order valence-electron chi connectivity index (χ2n) is 2.93. The number of aromatic nitrogens is 1. The molecule has 0 atom stereocenters. The molecule has 0 aliphatic carbocycles. The molecule has 0 saturated heterocycles. The van der Waals surface area contributed by atoms with Crippen LogP contribution in [0.3, 0.4) is 0 Å². The monoisotopic (exact) mass is 234 g/mol. The van der Waals surface area contributed by atoms with Crippen molar-refractivity contribution >= 4 is 26.8 Å². The Kier molecular flexibility index (Phi) is 1.86. The summed E-state index contributed by atoms with van der Waals surface area (Å²) in [5.41, 5.74) is 1.70. The van der Waals surface area contributed by atoms with E-state index in [4.69, 9.17) is 5.26 Å². The van der Waals surface area contributed by atoms with Crippen molar-refractivity contribution in [3.63, 3.8) is 0 Å². The van der Waals surface area contributed by atoms with Crippen LogP contribution < -0.4 is 0 Å². The Hall–Kier alpha value is -1.27. The van der Waals surface area contributed by atoms with Gasteiger partial charge in [0.2, 0.25) is 0 Å². The summed E-state index contributed by atoms with van der Waals surface area (Å²) >= 11 is 3.37. The first kappa shape index (κ1) is 8.33. The Morgan fingerprint density at radius 2 is 2.23 bits per heavy atom. The van der Waals surface area contributed by atoms with Gasteiger partial charge >= 0.3 is 0 Å². The summed E-state index contributed by atoms with van der Waals surface area (Å²) in [5.74, 6) is 0. The van der Waals surface area contributed by atoms with Crippen molar-refractivity contribution in [3.05, 3.63) is 34.4 Å². The molecule has 0 aliphatic heterocycles. The van der Waals surface area contributed by atoms with Gasteiger partial charge in [0, 0.05) is 23.1 Å². The maximum absolute atomic E-state index is 8.92. The lowest BCUT2D eigenvalue weighted by molar-refractivity contribution is 0.967. The van der Waals surface area contributed by atoms with Gasteiger partial charge in [0.1, 0.15) is 6.07 Å². The van der Waals surface area contributed by atoms with Gasteiger partial charge in [0.15, 0.2) is 0 Å². The minimum Gasteiger partial charge on any atom is -0.349 e. The molecule has 3 heteroatoms. The van der Waals surface area contributed by atoms with Crippen LogP contribution in [0.5, 0.6) is 0 Å². The van der Waals surface area contributed by atoms with Crippen LogP contribution >= 0.6 is 15.9 Å². The molecule has 0 radical (unpaired) electrons. The topological polar surface area (TPSA) is 28.7 Å². The normalized spacial score (nSPS) is 10.2. The molecule has 0 saturated carbocycles. The smallest absolute Gasteiger partial charge is 0.101 e. The van der Waals surface area contributed by atoms with E-state index in [9.17, 15) is 0 Å². The van der Waals surface area contributed by atoms with E-state index in [1.807, 2.05) is 36.0 Å². The maximum atomic E-state index is 8.92. The molecule has 64 valence electrons. The van der Waals surface area contributed by atoms with Crippen LogP contribution in [0.4, 0.5) is 0 Å². The molecule has 0 N–H and O–H groups in total. The lowest BCUT2D eigenvalue weighted by atomic mass is 10.1. The summed E-state index contributed by atoms with van der Waals surface area (Å²) in [7, 11) is 1.94. The third-order valence-electron chi connectivity index (χ3n) is 2.06. The van der Waals surface area contributed by atoms with E-state index in [1.165, 1.54) is 0 Å². The SMILES string of the molecule is Cn1ccc2cc(Br)cc(C#N)c21. The van der Waals surface area contributed by atoms with Crippen LogP contribution in [-0.2, 0) is 7.05 Å². The molecule has 0 unspecified atom stereocenters. The third-order valence-corrected chi connectivity index (χ3v) is 2.51. The fraction of sp³-hybridized carbons (Fsp3) is 0.100. The molecule has 2 nitrogen and oxygen atoms in total. The van der Waals surface area contributed by atoms with Gasteiger partial charge in [-0.15, -0.1) is 0 Å². The number of fused-ring (bicyclic) bond motifs is 1. The lowest BCUT2D eigenvalue weighted by Crippen LogP contribution is -1.87. The van der Waals surface area contributed by atoms with E-state index in [0.717, 1.165) is 15.4 Å². The first-order chi connectivity index (χ1) is 6.22. The summed E-state index contributed by atoms with van der Waals surface area (Å²) in [6, 6.07) is 8.03. The molecule has 0 bridgehead atoms. The molecular weight excluding hydrogens is 228 g/mol. The lowest BCUT2D eigenvalue weighted by Gasteiger charge is -1.99. The van der Waals surface area contributed by atoms with E-state index < -0.39 is 0 Å². The van der Waals surface area contributed by atoms with E-state index in [0.29, 0.717) is 5.56 Å².